The standard InChI is InChI=1S/C38H60N8O5S2.Cu/c47-52(48,21-11-2-1-3-12-21)53(49,50)51-29-20-10-19-28-30(29)38-45-36-27-18-9-8-17-26(27)34(43-36)41-32-23-14-5-4-13-22(23)31(39-32)40-33-24-15-6-7-16-25(24)35(42-33)44-37(28)46-38;/h1-3,11-12,22-46H,4-10,13-20H2;. The molecule has 5 saturated heterocycles. The smallest absolute Gasteiger partial charge is 0.286 e. The van der Waals surface area contributed by atoms with Crippen LogP contribution in [0.25, 0.3) is 0 Å². The van der Waals surface area contributed by atoms with E-state index in [-0.39, 0.29) is 83.1 Å². The van der Waals surface area contributed by atoms with Crippen LogP contribution in [0, 0.1) is 47.3 Å². The van der Waals surface area contributed by atoms with Gasteiger partial charge in [-0.1, -0.05) is 63.1 Å². The molecule has 4 saturated carbocycles. The Morgan fingerprint density at radius 1 is 0.426 bits per heavy atom. The number of rotatable bonds is 4. The van der Waals surface area contributed by atoms with Crippen molar-refractivity contribution in [2.75, 3.05) is 0 Å². The molecule has 13 nitrogen and oxygen atoms in total. The summed E-state index contributed by atoms with van der Waals surface area (Å²) in [5.74, 6) is 2.99. The van der Waals surface area contributed by atoms with Gasteiger partial charge in [-0.15, -0.1) is 0 Å². The van der Waals surface area contributed by atoms with Crippen LogP contribution in [0.2, 0.25) is 0 Å². The average Bonchev–Trinajstić information content (AvgIpc) is 3.91. The van der Waals surface area contributed by atoms with Crippen LogP contribution in [0.4, 0.5) is 0 Å². The van der Waals surface area contributed by atoms with E-state index >= 15 is 0 Å². The molecule has 0 aromatic heterocycles. The van der Waals surface area contributed by atoms with Crippen LogP contribution in [-0.2, 0) is 39.3 Å². The largest absolute Gasteiger partial charge is 0.379 e. The molecule has 1 aromatic carbocycles. The molecule has 9 fully saturated rings. The molecule has 8 bridgehead atoms. The van der Waals surface area contributed by atoms with E-state index in [0.29, 0.717) is 41.9 Å². The van der Waals surface area contributed by atoms with Crippen molar-refractivity contribution in [1.29, 1.82) is 0 Å². The molecule has 8 N–H and O–H groups in total. The second kappa shape index (κ2) is 15.5. The third-order valence-electron chi connectivity index (χ3n) is 15.4. The van der Waals surface area contributed by atoms with Crippen molar-refractivity contribution in [1.82, 2.24) is 42.5 Å². The summed E-state index contributed by atoms with van der Waals surface area (Å²) in [5, 5.41) is 32.6. The van der Waals surface area contributed by atoms with Crippen LogP contribution in [0.5, 0.6) is 0 Å². The minimum absolute atomic E-state index is 0. The summed E-state index contributed by atoms with van der Waals surface area (Å²) in [6, 6.07) is 7.38. The molecule has 17 unspecified atom stereocenters. The fraction of sp³-hybridized carbons (Fsp3) is 0.842. The molecule has 0 spiro atoms. The van der Waals surface area contributed by atoms with Gasteiger partial charge in [-0.2, -0.15) is 8.42 Å². The molecule has 0 amide bonds. The Bertz CT molecular complexity index is 1710. The normalized spacial score (nSPS) is 47.4. The summed E-state index contributed by atoms with van der Waals surface area (Å²) in [6.07, 6.45) is 16.9. The Morgan fingerprint density at radius 3 is 1.15 bits per heavy atom. The Morgan fingerprint density at radius 2 is 0.759 bits per heavy atom. The van der Waals surface area contributed by atoms with Gasteiger partial charge in [0.2, 0.25) is 0 Å². The monoisotopic (exact) mass is 835 g/mol. The maximum atomic E-state index is 13.7. The Labute approximate surface area is 331 Å². The zero-order valence-corrected chi connectivity index (χ0v) is 33.5. The number of benzene rings is 1. The molecular weight excluding hydrogens is 776 g/mol. The quantitative estimate of drug-likeness (QED) is 0.164. The van der Waals surface area contributed by atoms with E-state index < -0.39 is 24.1 Å². The maximum Gasteiger partial charge on any atom is 0.379 e. The Balaban J connectivity index is 0.00000384. The van der Waals surface area contributed by atoms with Gasteiger partial charge in [0.1, 0.15) is 0 Å². The SMILES string of the molecule is O=S(=O)(OC1CCCC2C3NC4NC(NC5NC(NC6NC(NC(N3)C12)C1CCCCC61)C1CCCCC51)C1CCCCC41)S(=O)(=O)c1ccccc1.[Cu]. The molecule has 17 atom stereocenters. The van der Waals surface area contributed by atoms with Crippen molar-refractivity contribution in [3.05, 3.63) is 30.3 Å². The van der Waals surface area contributed by atoms with Crippen molar-refractivity contribution < 1.29 is 38.1 Å². The van der Waals surface area contributed by atoms with Crippen LogP contribution in [0.1, 0.15) is 96.3 Å². The first-order valence-corrected chi connectivity index (χ1v) is 24.5. The summed E-state index contributed by atoms with van der Waals surface area (Å²) < 4.78 is 60.3. The number of hydrogen-bond acceptors (Lipinski definition) is 13. The molecule has 1 radical (unpaired) electrons. The van der Waals surface area contributed by atoms with Crippen molar-refractivity contribution >= 4 is 18.0 Å². The zero-order valence-electron chi connectivity index (χ0n) is 31.0. The molecule has 10 rings (SSSR count). The number of fused-ring (bicyclic) bond motifs is 20. The topological polar surface area (TPSA) is 174 Å². The van der Waals surface area contributed by atoms with E-state index in [0.717, 1.165) is 19.3 Å². The average molecular weight is 837 g/mol. The summed E-state index contributed by atoms with van der Waals surface area (Å²) in [7, 11) is -9.72. The van der Waals surface area contributed by atoms with Gasteiger partial charge in [0.25, 0.3) is 0 Å². The summed E-state index contributed by atoms with van der Waals surface area (Å²) in [4.78, 5) is -0.263. The Hall–Kier alpha value is -0.721. The van der Waals surface area contributed by atoms with Gasteiger partial charge in [-0.05, 0) is 105 Å². The van der Waals surface area contributed by atoms with Crippen LogP contribution >= 0.6 is 0 Å². The van der Waals surface area contributed by atoms with E-state index in [2.05, 4.69) is 42.5 Å². The fourth-order valence-corrected chi connectivity index (χ4v) is 16.0. The molecule has 16 heteroatoms. The van der Waals surface area contributed by atoms with Crippen LogP contribution in [-0.4, -0.2) is 72.3 Å². The summed E-state index contributed by atoms with van der Waals surface area (Å²) in [6.45, 7) is 0. The van der Waals surface area contributed by atoms with Crippen LogP contribution in [0.15, 0.2) is 35.2 Å². The van der Waals surface area contributed by atoms with E-state index in [4.69, 9.17) is 4.18 Å². The first-order valence-electron chi connectivity index (χ1n) is 21.1. The van der Waals surface area contributed by atoms with Crippen molar-refractivity contribution in [2.24, 2.45) is 47.3 Å². The van der Waals surface area contributed by atoms with Gasteiger partial charge in [0.05, 0.1) is 60.3 Å². The maximum absolute atomic E-state index is 13.7. The second-order valence-electron chi connectivity index (χ2n) is 18.0. The van der Waals surface area contributed by atoms with Gasteiger partial charge in [-0.3, -0.25) is 46.7 Å². The molecule has 5 heterocycles. The zero-order chi connectivity index (χ0) is 35.9. The first kappa shape index (κ1) is 38.8. The van der Waals surface area contributed by atoms with Gasteiger partial charge in [0, 0.05) is 23.0 Å². The Kier molecular flexibility index (Phi) is 11.1. The third-order valence-corrected chi connectivity index (χ3v) is 19.7. The third kappa shape index (κ3) is 6.78. The van der Waals surface area contributed by atoms with Crippen LogP contribution in [0.3, 0.4) is 0 Å². The summed E-state index contributed by atoms with van der Waals surface area (Å²) in [5.41, 5.74) is 0. The predicted molar refractivity (Wildman–Crippen MR) is 200 cm³/mol. The van der Waals surface area contributed by atoms with E-state index in [1.54, 1.807) is 6.07 Å². The number of hydrogen-bond donors (Lipinski definition) is 8. The first-order chi connectivity index (χ1) is 25.7. The minimum atomic E-state index is -4.97. The number of nitrogens with one attached hydrogen (secondary N) is 8. The molecule has 54 heavy (non-hydrogen) atoms. The van der Waals surface area contributed by atoms with E-state index in [1.807, 2.05) is 0 Å². The summed E-state index contributed by atoms with van der Waals surface area (Å²) >= 11 is 0. The van der Waals surface area contributed by atoms with Gasteiger partial charge in [0.15, 0.2) is 0 Å². The molecular formula is C38H60CuN8O5S2. The molecule has 9 aliphatic rings. The minimum Gasteiger partial charge on any atom is -0.286 e. The second-order valence-corrected chi connectivity index (χ2v) is 22.9. The van der Waals surface area contributed by atoms with Gasteiger partial charge >= 0.3 is 18.0 Å². The van der Waals surface area contributed by atoms with Crippen molar-refractivity contribution in [2.45, 2.75) is 157 Å². The van der Waals surface area contributed by atoms with E-state index in [9.17, 15) is 16.8 Å². The van der Waals surface area contributed by atoms with Crippen LogP contribution < -0.4 is 42.5 Å². The molecule has 4 aliphatic carbocycles. The molecule has 305 valence electrons. The van der Waals surface area contributed by atoms with E-state index in [1.165, 1.54) is 94.9 Å². The van der Waals surface area contributed by atoms with Crippen molar-refractivity contribution in [3.8, 4) is 0 Å². The van der Waals surface area contributed by atoms with Gasteiger partial charge < -0.3 is 0 Å². The fourth-order valence-electron chi connectivity index (χ4n) is 13.0. The van der Waals surface area contributed by atoms with Gasteiger partial charge in [-0.25, -0.2) is 8.42 Å². The molecule has 1 aromatic rings. The van der Waals surface area contributed by atoms with Crippen molar-refractivity contribution in [3.63, 3.8) is 0 Å². The molecule has 5 aliphatic heterocycles. The predicted octanol–water partition coefficient (Wildman–Crippen LogP) is 2.32.